The van der Waals surface area contributed by atoms with Crippen LogP contribution < -0.4 is 0 Å². The summed E-state index contributed by atoms with van der Waals surface area (Å²) in [6.45, 7) is 3.36. The van der Waals surface area contributed by atoms with Gasteiger partial charge < -0.3 is 18.9 Å². The quantitative estimate of drug-likeness (QED) is 0.575. The van der Waals surface area contributed by atoms with E-state index in [4.69, 9.17) is 18.9 Å². The van der Waals surface area contributed by atoms with Crippen molar-refractivity contribution in [2.24, 2.45) is 5.92 Å². The van der Waals surface area contributed by atoms with Gasteiger partial charge in [-0.2, -0.15) is 0 Å². The number of rotatable bonds is 1. The molecule has 2 fully saturated rings. The molecule has 2 aliphatic heterocycles. The molecule has 0 bridgehead atoms. The highest BCUT2D eigenvalue weighted by Crippen LogP contribution is 2.17. The first kappa shape index (κ1) is 8.44. The maximum absolute atomic E-state index is 5.44. The van der Waals surface area contributed by atoms with Crippen LogP contribution in [-0.4, -0.2) is 39.5 Å². The highest BCUT2D eigenvalue weighted by atomic mass is 16.7. The molecular formula is C8H14O4. The lowest BCUT2D eigenvalue weighted by atomic mass is 10.1. The van der Waals surface area contributed by atoms with Gasteiger partial charge in [-0.05, 0) is 6.42 Å². The van der Waals surface area contributed by atoms with Crippen LogP contribution in [-0.2, 0) is 18.9 Å². The summed E-state index contributed by atoms with van der Waals surface area (Å²) in [6.07, 6.45) is 0.879. The standard InChI is InChI=1S/C8H14O4/c1-2-11-8(12-3-1)7-4-9-6-10-5-7/h7-8H,1-6H2. The summed E-state index contributed by atoms with van der Waals surface area (Å²) >= 11 is 0. The minimum atomic E-state index is -0.112. The molecule has 0 aliphatic carbocycles. The third kappa shape index (κ3) is 1.95. The van der Waals surface area contributed by atoms with Gasteiger partial charge in [-0.3, -0.25) is 0 Å². The van der Waals surface area contributed by atoms with Crippen LogP contribution in [0.3, 0.4) is 0 Å². The summed E-state index contributed by atoms with van der Waals surface area (Å²) < 4.78 is 21.2. The zero-order valence-corrected chi connectivity index (χ0v) is 7.03. The van der Waals surface area contributed by atoms with E-state index < -0.39 is 0 Å². The highest BCUT2D eigenvalue weighted by Gasteiger charge is 2.27. The Morgan fingerprint density at radius 3 is 2.25 bits per heavy atom. The lowest BCUT2D eigenvalue weighted by Gasteiger charge is -2.32. The maximum Gasteiger partial charge on any atom is 0.164 e. The Morgan fingerprint density at radius 2 is 1.58 bits per heavy atom. The molecule has 4 nitrogen and oxygen atoms in total. The molecular weight excluding hydrogens is 160 g/mol. The van der Waals surface area contributed by atoms with Gasteiger partial charge in [0.25, 0.3) is 0 Å². The molecule has 4 heteroatoms. The summed E-state index contributed by atoms with van der Waals surface area (Å²) in [5.41, 5.74) is 0. The molecule has 12 heavy (non-hydrogen) atoms. The van der Waals surface area contributed by atoms with E-state index in [9.17, 15) is 0 Å². The smallest absolute Gasteiger partial charge is 0.164 e. The van der Waals surface area contributed by atoms with Gasteiger partial charge in [0.2, 0.25) is 0 Å². The second-order valence-electron chi connectivity index (χ2n) is 3.08. The van der Waals surface area contributed by atoms with Crippen LogP contribution >= 0.6 is 0 Å². The molecule has 2 heterocycles. The van der Waals surface area contributed by atoms with Gasteiger partial charge in [0.05, 0.1) is 32.3 Å². The van der Waals surface area contributed by atoms with Crippen LogP contribution in [0.5, 0.6) is 0 Å². The summed E-state index contributed by atoms with van der Waals surface area (Å²) in [5, 5.41) is 0. The molecule has 0 radical (unpaired) electrons. The van der Waals surface area contributed by atoms with Gasteiger partial charge in [0.1, 0.15) is 6.79 Å². The Kier molecular flexibility index (Phi) is 2.94. The number of hydrogen-bond acceptors (Lipinski definition) is 4. The van der Waals surface area contributed by atoms with E-state index in [1.807, 2.05) is 0 Å². The first-order valence-corrected chi connectivity index (χ1v) is 4.35. The predicted molar refractivity (Wildman–Crippen MR) is 40.6 cm³/mol. The summed E-state index contributed by atoms with van der Waals surface area (Å²) in [7, 11) is 0. The fourth-order valence-electron chi connectivity index (χ4n) is 1.44. The zero-order chi connectivity index (χ0) is 8.23. The first-order valence-electron chi connectivity index (χ1n) is 4.35. The Morgan fingerprint density at radius 1 is 0.917 bits per heavy atom. The van der Waals surface area contributed by atoms with Crippen LogP contribution in [0.1, 0.15) is 6.42 Å². The normalized spacial score (nSPS) is 29.0. The van der Waals surface area contributed by atoms with Crippen LogP contribution in [0.15, 0.2) is 0 Å². The fraction of sp³-hybridized carbons (Fsp3) is 1.00. The first-order chi connectivity index (χ1) is 5.97. The van der Waals surface area contributed by atoms with Gasteiger partial charge in [0, 0.05) is 0 Å². The van der Waals surface area contributed by atoms with Crippen molar-refractivity contribution >= 4 is 0 Å². The van der Waals surface area contributed by atoms with Gasteiger partial charge in [-0.25, -0.2) is 0 Å². The monoisotopic (exact) mass is 174 g/mol. The predicted octanol–water partition coefficient (Wildman–Crippen LogP) is 0.370. The average molecular weight is 174 g/mol. The van der Waals surface area contributed by atoms with Gasteiger partial charge in [0.15, 0.2) is 6.29 Å². The molecule has 0 aromatic heterocycles. The summed E-state index contributed by atoms with van der Waals surface area (Å²) in [5.74, 6) is 0.249. The molecule has 0 unspecified atom stereocenters. The second-order valence-corrected chi connectivity index (χ2v) is 3.08. The SMILES string of the molecule is C1COC(C2COCOC2)OC1. The zero-order valence-electron chi connectivity index (χ0n) is 7.03. The van der Waals surface area contributed by atoms with Crippen molar-refractivity contribution in [3.8, 4) is 0 Å². The van der Waals surface area contributed by atoms with Gasteiger partial charge in [-0.15, -0.1) is 0 Å². The van der Waals surface area contributed by atoms with E-state index in [0.717, 1.165) is 19.6 Å². The van der Waals surface area contributed by atoms with Gasteiger partial charge in [-0.1, -0.05) is 0 Å². The summed E-state index contributed by atoms with van der Waals surface area (Å²) in [4.78, 5) is 0. The Hall–Kier alpha value is -0.160. The largest absolute Gasteiger partial charge is 0.355 e. The number of hydrogen-bond donors (Lipinski definition) is 0. The van der Waals surface area contributed by atoms with E-state index in [1.165, 1.54) is 0 Å². The van der Waals surface area contributed by atoms with Crippen molar-refractivity contribution in [1.29, 1.82) is 0 Å². The molecule has 2 aliphatic rings. The summed E-state index contributed by atoms with van der Waals surface area (Å²) in [6, 6.07) is 0. The topological polar surface area (TPSA) is 36.9 Å². The van der Waals surface area contributed by atoms with Gasteiger partial charge >= 0.3 is 0 Å². The molecule has 0 aromatic carbocycles. The molecule has 0 amide bonds. The maximum atomic E-state index is 5.44. The molecule has 0 saturated carbocycles. The lowest BCUT2D eigenvalue weighted by Crippen LogP contribution is -2.39. The molecule has 0 spiro atoms. The average Bonchev–Trinajstić information content (AvgIpc) is 2.21. The molecule has 0 atom stereocenters. The molecule has 0 aromatic rings. The van der Waals surface area contributed by atoms with Crippen molar-refractivity contribution in [2.75, 3.05) is 33.2 Å². The highest BCUT2D eigenvalue weighted by molar-refractivity contribution is 4.66. The lowest BCUT2D eigenvalue weighted by molar-refractivity contribution is -0.247. The Bertz CT molecular complexity index is 111. The third-order valence-electron chi connectivity index (χ3n) is 2.07. The van der Waals surface area contributed by atoms with E-state index in [2.05, 4.69) is 0 Å². The number of ether oxygens (including phenoxy) is 4. The van der Waals surface area contributed by atoms with E-state index in [1.54, 1.807) is 0 Å². The molecule has 2 saturated heterocycles. The Balaban J connectivity index is 1.80. The van der Waals surface area contributed by atoms with E-state index in [0.29, 0.717) is 20.0 Å². The molecule has 70 valence electrons. The van der Waals surface area contributed by atoms with Crippen LogP contribution in [0.2, 0.25) is 0 Å². The third-order valence-corrected chi connectivity index (χ3v) is 2.07. The van der Waals surface area contributed by atoms with Crippen molar-refractivity contribution in [3.63, 3.8) is 0 Å². The van der Waals surface area contributed by atoms with E-state index in [-0.39, 0.29) is 12.2 Å². The van der Waals surface area contributed by atoms with Crippen LogP contribution in [0.4, 0.5) is 0 Å². The molecule has 0 N–H and O–H groups in total. The second kappa shape index (κ2) is 4.18. The van der Waals surface area contributed by atoms with Crippen LogP contribution in [0.25, 0.3) is 0 Å². The Labute approximate surface area is 71.7 Å². The van der Waals surface area contributed by atoms with Crippen molar-refractivity contribution < 1.29 is 18.9 Å². The fourth-order valence-corrected chi connectivity index (χ4v) is 1.44. The van der Waals surface area contributed by atoms with E-state index >= 15 is 0 Å². The minimum Gasteiger partial charge on any atom is -0.355 e. The van der Waals surface area contributed by atoms with Crippen molar-refractivity contribution in [2.45, 2.75) is 12.7 Å². The minimum absolute atomic E-state index is 0.112. The van der Waals surface area contributed by atoms with Crippen molar-refractivity contribution in [1.82, 2.24) is 0 Å². The molecule has 2 rings (SSSR count). The van der Waals surface area contributed by atoms with Crippen LogP contribution in [0, 0.1) is 5.92 Å². The van der Waals surface area contributed by atoms with Crippen molar-refractivity contribution in [3.05, 3.63) is 0 Å².